The molecule has 0 amide bonds. The Morgan fingerprint density at radius 2 is 1.00 bits per heavy atom. The molecule has 1 fully saturated rings. The zero-order valence-electron chi connectivity index (χ0n) is 25.1. The van der Waals surface area contributed by atoms with Crippen molar-refractivity contribution in [2.75, 3.05) is 0 Å². The van der Waals surface area contributed by atoms with Crippen LogP contribution in [0.1, 0.15) is 51.1 Å². The number of thiophene rings is 2. The van der Waals surface area contributed by atoms with E-state index in [9.17, 15) is 30.6 Å². The van der Waals surface area contributed by atoms with Crippen LogP contribution in [0.4, 0.5) is 10.0 Å². The number of hydrogen-bond donors (Lipinski definition) is 0. The number of aliphatic imine (C=N–C) groups is 2. The van der Waals surface area contributed by atoms with Gasteiger partial charge in [-0.15, -0.1) is 22.7 Å². The maximum absolute atomic E-state index is 13.6. The molecule has 2 aliphatic heterocycles. The molecule has 1 saturated heterocycles. The molecule has 4 aromatic rings. The van der Waals surface area contributed by atoms with Gasteiger partial charge < -0.3 is 0 Å². The van der Waals surface area contributed by atoms with E-state index in [4.69, 9.17) is 9.98 Å². The summed E-state index contributed by atoms with van der Waals surface area (Å²) in [7, 11) is -2.22. The molecule has 0 bridgehead atoms. The standard InChI is InChI=1S/C37H20N6O2S2Si/c38-16-20(17-39)30-22-8-2-4-10-24(22)34(44)32(30)42-28-14-26-36(46-28)37-27(48(26)12-6-1-7-13-48)15-29(47-37)43-33-31(21(18-40)19-41)23-9-3-5-11-25(23)35(33)45/h2-5,8-11,14-15H,1,6-7,12-13H2. The summed E-state index contributed by atoms with van der Waals surface area (Å²) in [6, 6.07) is 28.1. The Morgan fingerprint density at radius 1 is 0.604 bits per heavy atom. The third-order valence-electron chi connectivity index (χ3n) is 9.56. The molecule has 2 aromatic carbocycles. The molecule has 1 spiro atoms. The summed E-state index contributed by atoms with van der Waals surface area (Å²) in [5.74, 6) is -0.617. The van der Waals surface area contributed by atoms with E-state index in [-0.39, 0.29) is 45.3 Å². The number of nitriles is 4. The lowest BCUT2D eigenvalue weighted by Gasteiger charge is -2.32. The first-order valence-corrected chi connectivity index (χ1v) is 19.3. The average Bonchev–Trinajstić information content (AvgIpc) is 3.90. The van der Waals surface area contributed by atoms with Crippen molar-refractivity contribution in [3.63, 3.8) is 0 Å². The zero-order chi connectivity index (χ0) is 33.2. The molecule has 0 radical (unpaired) electrons. The van der Waals surface area contributed by atoms with Crippen molar-refractivity contribution in [1.29, 1.82) is 21.0 Å². The van der Waals surface area contributed by atoms with Crippen molar-refractivity contribution >= 4 is 85.3 Å². The second-order valence-electron chi connectivity index (χ2n) is 11.9. The van der Waals surface area contributed by atoms with Crippen LogP contribution in [0, 0.1) is 45.3 Å². The van der Waals surface area contributed by atoms with E-state index < -0.39 is 8.07 Å². The first-order valence-electron chi connectivity index (χ1n) is 15.3. The Bertz CT molecular complexity index is 2280. The normalized spacial score (nSPS) is 18.2. The lowest BCUT2D eigenvalue weighted by atomic mass is 10.0. The number of nitrogens with zero attached hydrogens (tertiary/aromatic N) is 6. The Morgan fingerprint density at radius 3 is 1.40 bits per heavy atom. The Balaban J connectivity index is 1.28. The highest BCUT2D eigenvalue weighted by Crippen LogP contribution is 2.49. The van der Waals surface area contributed by atoms with Crippen LogP contribution in [0.5, 0.6) is 0 Å². The molecule has 0 unspecified atom stereocenters. The van der Waals surface area contributed by atoms with Crippen LogP contribution in [0.15, 0.2) is 81.8 Å². The van der Waals surface area contributed by atoms with E-state index in [0.717, 1.165) is 41.1 Å². The van der Waals surface area contributed by atoms with Crippen molar-refractivity contribution in [3.05, 3.63) is 94.1 Å². The van der Waals surface area contributed by atoms with Gasteiger partial charge in [-0.2, -0.15) is 21.0 Å². The molecule has 2 aromatic heterocycles. The fourth-order valence-electron chi connectivity index (χ4n) is 7.50. The van der Waals surface area contributed by atoms with Crippen LogP contribution in [0.25, 0.3) is 20.9 Å². The summed E-state index contributed by atoms with van der Waals surface area (Å²) in [6.07, 6.45) is 3.37. The number of hydrogen-bond acceptors (Lipinski definition) is 10. The van der Waals surface area contributed by atoms with Gasteiger partial charge >= 0.3 is 0 Å². The van der Waals surface area contributed by atoms with Crippen LogP contribution >= 0.6 is 22.7 Å². The van der Waals surface area contributed by atoms with Crippen LogP contribution in [0.3, 0.4) is 0 Å². The molecule has 8 rings (SSSR count). The van der Waals surface area contributed by atoms with E-state index in [1.165, 1.54) is 33.0 Å². The first-order chi connectivity index (χ1) is 23.4. The monoisotopic (exact) mass is 672 g/mol. The number of benzene rings is 2. The molecule has 8 nitrogen and oxygen atoms in total. The quantitative estimate of drug-likeness (QED) is 0.164. The van der Waals surface area contributed by atoms with E-state index >= 15 is 0 Å². The minimum atomic E-state index is -2.22. The number of ketones is 2. The van der Waals surface area contributed by atoms with Gasteiger partial charge in [0.2, 0.25) is 11.6 Å². The number of Topliss-reactive ketones (excluding diaryl/α,β-unsaturated/α-hetero) is 2. The predicted octanol–water partition coefficient (Wildman–Crippen LogP) is 7.08. The van der Waals surface area contributed by atoms with Crippen molar-refractivity contribution in [2.24, 2.45) is 9.98 Å². The number of rotatable bonds is 2. The van der Waals surface area contributed by atoms with E-state index in [1.807, 2.05) is 24.3 Å². The molecule has 48 heavy (non-hydrogen) atoms. The molecule has 0 atom stereocenters. The van der Waals surface area contributed by atoms with Crippen molar-refractivity contribution in [2.45, 2.75) is 31.4 Å². The minimum Gasteiger partial charge on any atom is -0.287 e. The maximum Gasteiger partial charge on any atom is 0.212 e. The van der Waals surface area contributed by atoms with Gasteiger partial charge in [0.05, 0.1) is 0 Å². The Hall–Kier alpha value is -5.82. The van der Waals surface area contributed by atoms with Crippen LogP contribution < -0.4 is 10.4 Å². The molecular weight excluding hydrogens is 653 g/mol. The molecule has 4 heterocycles. The van der Waals surface area contributed by atoms with Gasteiger partial charge in [-0.05, 0) is 45.7 Å². The van der Waals surface area contributed by atoms with E-state index in [0.29, 0.717) is 32.3 Å². The van der Waals surface area contributed by atoms with Crippen molar-refractivity contribution < 1.29 is 9.59 Å². The van der Waals surface area contributed by atoms with Crippen LogP contribution in [-0.4, -0.2) is 31.1 Å². The smallest absolute Gasteiger partial charge is 0.212 e. The molecule has 0 saturated carbocycles. The molecular formula is C37H20N6O2S2Si. The van der Waals surface area contributed by atoms with Crippen molar-refractivity contribution in [3.8, 4) is 34.0 Å². The summed E-state index contributed by atoms with van der Waals surface area (Å²) in [5, 5.41) is 42.9. The average molecular weight is 673 g/mol. The molecule has 11 heteroatoms. The minimum absolute atomic E-state index is 0.108. The van der Waals surface area contributed by atoms with Gasteiger partial charge in [0.15, 0.2) is 0 Å². The first kappa shape index (κ1) is 29.6. The fraction of sp³-hybridized carbons (Fsp3) is 0.135. The molecule has 0 N–H and O–H groups in total. The van der Waals surface area contributed by atoms with Gasteiger partial charge in [-0.1, -0.05) is 67.8 Å². The van der Waals surface area contributed by atoms with Gasteiger partial charge in [0.25, 0.3) is 0 Å². The second kappa shape index (κ2) is 11.2. The molecule has 4 aliphatic rings. The third kappa shape index (κ3) is 4.13. The van der Waals surface area contributed by atoms with Crippen LogP contribution in [0.2, 0.25) is 12.1 Å². The second-order valence-corrected chi connectivity index (χ2v) is 18.2. The lowest BCUT2D eigenvalue weighted by Crippen LogP contribution is -2.55. The summed E-state index contributed by atoms with van der Waals surface area (Å²) < 4.78 is 0. The highest BCUT2D eigenvalue weighted by atomic mass is 32.1. The predicted molar refractivity (Wildman–Crippen MR) is 188 cm³/mol. The van der Waals surface area contributed by atoms with Gasteiger partial charge in [-0.25, -0.2) is 9.98 Å². The highest BCUT2D eigenvalue weighted by molar-refractivity contribution is 7.32. The fourth-order valence-corrected chi connectivity index (χ4v) is 16.7. The summed E-state index contributed by atoms with van der Waals surface area (Å²) >= 11 is 2.99. The Labute approximate surface area is 284 Å². The van der Waals surface area contributed by atoms with Gasteiger partial charge in [-0.3, -0.25) is 9.59 Å². The van der Waals surface area contributed by atoms with Gasteiger partial charge in [0.1, 0.15) is 64.9 Å². The topological polar surface area (TPSA) is 154 Å². The van der Waals surface area contributed by atoms with Crippen LogP contribution in [-0.2, 0) is 0 Å². The number of allylic oxidation sites excluding steroid dienone is 4. The maximum atomic E-state index is 13.6. The van der Waals surface area contributed by atoms with Crippen molar-refractivity contribution in [1.82, 2.24) is 0 Å². The third-order valence-corrected chi connectivity index (χ3v) is 17.4. The number of carbonyl (C=O) groups is 2. The SMILES string of the molecule is N#CC(C#N)=C1C(=Nc2cc3c(s2)-c2sc(N=C4C(=O)c5ccccc5C4=C(C#N)C#N)cc2[Si]32CCCCC2)C(=O)c2ccccc21. The number of fused-ring (bicyclic) bond motifs is 7. The summed E-state index contributed by atoms with van der Waals surface area (Å²) in [5.41, 5.74) is 2.40. The summed E-state index contributed by atoms with van der Waals surface area (Å²) in [6.45, 7) is 0. The molecule has 2 aliphatic carbocycles. The van der Waals surface area contributed by atoms with E-state index in [2.05, 4.69) is 12.1 Å². The number of carbonyl (C=O) groups excluding carboxylic acids is 2. The van der Waals surface area contributed by atoms with Gasteiger partial charge in [0, 0.05) is 32.0 Å². The lowest BCUT2D eigenvalue weighted by molar-refractivity contribution is 0.106. The zero-order valence-corrected chi connectivity index (χ0v) is 27.8. The van der Waals surface area contributed by atoms with E-state index in [1.54, 1.807) is 48.5 Å². The highest BCUT2D eigenvalue weighted by Gasteiger charge is 2.49. The summed E-state index contributed by atoms with van der Waals surface area (Å²) in [4.78, 5) is 39.0. The largest absolute Gasteiger partial charge is 0.287 e. The molecule has 226 valence electrons. The Kier molecular flexibility index (Phi) is 6.87.